The number of hydrogen-bond acceptors (Lipinski definition) is 3. The van der Waals surface area contributed by atoms with Gasteiger partial charge >= 0.3 is 0 Å². The van der Waals surface area contributed by atoms with Gasteiger partial charge < -0.3 is 15.7 Å². The zero-order chi connectivity index (χ0) is 15.2. The summed E-state index contributed by atoms with van der Waals surface area (Å²) in [6, 6.07) is 10.0. The number of likely N-dealkylation sites (tertiary alicyclic amines) is 1. The van der Waals surface area contributed by atoms with E-state index in [1.807, 2.05) is 35.2 Å². The normalized spacial score (nSPS) is 20.3. The number of nitrogens with zero attached hydrogens (tertiary/aromatic N) is 1. The van der Waals surface area contributed by atoms with Gasteiger partial charge in [-0.3, -0.25) is 9.59 Å². The number of aliphatic hydroxyl groups is 1. The minimum Gasteiger partial charge on any atom is -0.383 e. The van der Waals surface area contributed by atoms with Crippen LogP contribution in [0.3, 0.4) is 0 Å². The van der Waals surface area contributed by atoms with Crippen molar-refractivity contribution in [2.75, 3.05) is 13.1 Å². The van der Waals surface area contributed by atoms with E-state index in [2.05, 4.69) is 0 Å². The number of aliphatic hydroxyl groups excluding tert-OH is 1. The van der Waals surface area contributed by atoms with Crippen LogP contribution in [-0.4, -0.2) is 41.0 Å². The molecule has 2 amide bonds. The van der Waals surface area contributed by atoms with Crippen molar-refractivity contribution in [1.82, 2.24) is 4.90 Å². The Hall–Kier alpha value is -1.88. The lowest BCUT2D eigenvalue weighted by atomic mass is 9.91. The molecular weight excluding hydrogens is 268 g/mol. The number of carbonyl (C=O) groups is 2. The average molecular weight is 290 g/mol. The SMILES string of the molecule is NC(=O)C(O)CC1CCCN(CCc2ccccc2)C1=O. The predicted molar refractivity (Wildman–Crippen MR) is 79.3 cm³/mol. The fourth-order valence-corrected chi connectivity index (χ4v) is 2.76. The quantitative estimate of drug-likeness (QED) is 0.809. The largest absolute Gasteiger partial charge is 0.383 e. The third kappa shape index (κ3) is 4.29. The third-order valence-electron chi connectivity index (χ3n) is 3.99. The van der Waals surface area contributed by atoms with Crippen molar-refractivity contribution in [2.24, 2.45) is 11.7 Å². The number of piperidine rings is 1. The van der Waals surface area contributed by atoms with Gasteiger partial charge in [0.05, 0.1) is 0 Å². The van der Waals surface area contributed by atoms with Gasteiger partial charge in [-0.15, -0.1) is 0 Å². The zero-order valence-electron chi connectivity index (χ0n) is 12.1. The van der Waals surface area contributed by atoms with Crippen molar-refractivity contribution in [2.45, 2.75) is 31.8 Å². The Balaban J connectivity index is 1.89. The molecule has 1 aliphatic rings. The molecule has 5 heteroatoms. The summed E-state index contributed by atoms with van der Waals surface area (Å²) in [5.41, 5.74) is 6.25. The van der Waals surface area contributed by atoms with E-state index in [1.54, 1.807) is 0 Å². The molecule has 0 radical (unpaired) electrons. The molecule has 1 aromatic carbocycles. The highest BCUT2D eigenvalue weighted by atomic mass is 16.3. The Morgan fingerprint density at radius 2 is 2.10 bits per heavy atom. The summed E-state index contributed by atoms with van der Waals surface area (Å²) in [6.07, 6.45) is 1.34. The summed E-state index contributed by atoms with van der Waals surface area (Å²) in [7, 11) is 0. The Morgan fingerprint density at radius 3 is 2.76 bits per heavy atom. The first-order valence-electron chi connectivity index (χ1n) is 7.38. The van der Waals surface area contributed by atoms with E-state index in [0.29, 0.717) is 13.0 Å². The smallest absolute Gasteiger partial charge is 0.246 e. The first kappa shape index (κ1) is 15.5. The number of carbonyl (C=O) groups excluding carboxylic acids is 2. The molecule has 0 bridgehead atoms. The number of primary amides is 1. The van der Waals surface area contributed by atoms with E-state index >= 15 is 0 Å². The van der Waals surface area contributed by atoms with E-state index in [4.69, 9.17) is 5.73 Å². The number of benzene rings is 1. The first-order valence-corrected chi connectivity index (χ1v) is 7.38. The highest BCUT2D eigenvalue weighted by molar-refractivity contribution is 5.82. The maximum absolute atomic E-state index is 12.4. The lowest BCUT2D eigenvalue weighted by Crippen LogP contribution is -2.44. The van der Waals surface area contributed by atoms with Crippen LogP contribution < -0.4 is 5.73 Å². The molecule has 1 aromatic rings. The Kier molecular flexibility index (Phi) is 5.33. The molecule has 114 valence electrons. The summed E-state index contributed by atoms with van der Waals surface area (Å²) in [5.74, 6) is -1.03. The molecule has 2 atom stereocenters. The van der Waals surface area contributed by atoms with Crippen LogP contribution in [0.1, 0.15) is 24.8 Å². The topological polar surface area (TPSA) is 83.6 Å². The summed E-state index contributed by atoms with van der Waals surface area (Å²) in [4.78, 5) is 25.1. The van der Waals surface area contributed by atoms with Crippen molar-refractivity contribution in [3.05, 3.63) is 35.9 Å². The van der Waals surface area contributed by atoms with Gasteiger partial charge in [-0.1, -0.05) is 30.3 Å². The van der Waals surface area contributed by atoms with Gasteiger partial charge in [0.15, 0.2) is 0 Å². The molecule has 1 heterocycles. The molecule has 0 saturated carbocycles. The number of rotatable bonds is 6. The molecule has 0 spiro atoms. The van der Waals surface area contributed by atoms with Crippen LogP contribution >= 0.6 is 0 Å². The minimum atomic E-state index is -1.23. The van der Waals surface area contributed by atoms with Crippen molar-refractivity contribution in [1.29, 1.82) is 0 Å². The van der Waals surface area contributed by atoms with E-state index in [0.717, 1.165) is 19.4 Å². The molecule has 3 N–H and O–H groups in total. The second kappa shape index (κ2) is 7.22. The Bertz CT molecular complexity index is 490. The molecule has 2 rings (SSSR count). The van der Waals surface area contributed by atoms with Crippen molar-refractivity contribution < 1.29 is 14.7 Å². The van der Waals surface area contributed by atoms with Crippen LogP contribution in [0.2, 0.25) is 0 Å². The molecular formula is C16H22N2O3. The second-order valence-corrected chi connectivity index (χ2v) is 5.55. The number of hydrogen-bond donors (Lipinski definition) is 2. The molecule has 0 aliphatic carbocycles. The van der Waals surface area contributed by atoms with Crippen LogP contribution in [-0.2, 0) is 16.0 Å². The molecule has 1 fully saturated rings. The van der Waals surface area contributed by atoms with Gasteiger partial charge in [0.2, 0.25) is 11.8 Å². The van der Waals surface area contributed by atoms with E-state index in [9.17, 15) is 14.7 Å². The Morgan fingerprint density at radius 1 is 1.38 bits per heavy atom. The van der Waals surface area contributed by atoms with E-state index in [1.165, 1.54) is 5.56 Å². The monoisotopic (exact) mass is 290 g/mol. The van der Waals surface area contributed by atoms with Crippen molar-refractivity contribution in [3.8, 4) is 0 Å². The molecule has 2 unspecified atom stereocenters. The maximum Gasteiger partial charge on any atom is 0.246 e. The molecule has 1 aliphatic heterocycles. The summed E-state index contributed by atoms with van der Waals surface area (Å²) >= 11 is 0. The lowest BCUT2D eigenvalue weighted by Gasteiger charge is -2.33. The second-order valence-electron chi connectivity index (χ2n) is 5.55. The maximum atomic E-state index is 12.4. The van der Waals surface area contributed by atoms with Crippen LogP contribution in [0.15, 0.2) is 30.3 Å². The Labute approximate surface area is 124 Å². The van der Waals surface area contributed by atoms with Crippen LogP contribution in [0.4, 0.5) is 0 Å². The zero-order valence-corrected chi connectivity index (χ0v) is 12.1. The molecule has 21 heavy (non-hydrogen) atoms. The fourth-order valence-electron chi connectivity index (χ4n) is 2.76. The molecule has 0 aromatic heterocycles. The number of amides is 2. The number of nitrogens with two attached hydrogens (primary N) is 1. The predicted octanol–water partition coefficient (Wildman–Crippen LogP) is 0.704. The minimum absolute atomic E-state index is 0.0254. The fraction of sp³-hybridized carbons (Fsp3) is 0.500. The highest BCUT2D eigenvalue weighted by Crippen LogP contribution is 2.22. The first-order chi connectivity index (χ1) is 10.1. The van der Waals surface area contributed by atoms with Crippen LogP contribution in [0.5, 0.6) is 0 Å². The third-order valence-corrected chi connectivity index (χ3v) is 3.99. The molecule has 1 saturated heterocycles. The highest BCUT2D eigenvalue weighted by Gasteiger charge is 2.31. The van der Waals surface area contributed by atoms with Crippen molar-refractivity contribution >= 4 is 11.8 Å². The summed E-state index contributed by atoms with van der Waals surface area (Å²) in [5, 5.41) is 9.55. The summed E-state index contributed by atoms with van der Waals surface area (Å²) < 4.78 is 0. The van der Waals surface area contributed by atoms with E-state index in [-0.39, 0.29) is 18.2 Å². The van der Waals surface area contributed by atoms with Crippen LogP contribution in [0.25, 0.3) is 0 Å². The lowest BCUT2D eigenvalue weighted by molar-refractivity contribution is -0.140. The van der Waals surface area contributed by atoms with Gasteiger partial charge in [0.25, 0.3) is 0 Å². The van der Waals surface area contributed by atoms with Gasteiger partial charge in [-0.2, -0.15) is 0 Å². The van der Waals surface area contributed by atoms with Crippen LogP contribution in [0, 0.1) is 5.92 Å². The van der Waals surface area contributed by atoms with Crippen molar-refractivity contribution in [3.63, 3.8) is 0 Å². The van der Waals surface area contributed by atoms with E-state index < -0.39 is 12.0 Å². The van der Waals surface area contributed by atoms with Gasteiger partial charge in [0.1, 0.15) is 6.10 Å². The standard InChI is InChI=1S/C16H22N2O3/c17-15(20)14(19)11-13-7-4-9-18(16(13)21)10-8-12-5-2-1-3-6-12/h1-3,5-6,13-14,19H,4,7-11H2,(H2,17,20). The summed E-state index contributed by atoms with van der Waals surface area (Å²) in [6.45, 7) is 1.42. The van der Waals surface area contributed by atoms with Gasteiger partial charge in [0, 0.05) is 19.0 Å². The average Bonchev–Trinajstić information content (AvgIpc) is 2.49. The van der Waals surface area contributed by atoms with Gasteiger partial charge in [-0.05, 0) is 31.2 Å². The van der Waals surface area contributed by atoms with Gasteiger partial charge in [-0.25, -0.2) is 0 Å². The molecule has 5 nitrogen and oxygen atoms in total.